The Hall–Kier alpha value is -1.97. The molecule has 1 unspecified atom stereocenters. The molecule has 0 radical (unpaired) electrons. The van der Waals surface area contributed by atoms with Gasteiger partial charge < -0.3 is 5.32 Å². The lowest BCUT2D eigenvalue weighted by molar-refractivity contribution is -0.123. The number of hydrogen-bond acceptors (Lipinski definition) is 2. The predicted molar refractivity (Wildman–Crippen MR) is 103 cm³/mol. The molecule has 1 N–H and O–H groups in total. The molecule has 2 aliphatic rings. The second-order valence-corrected chi connectivity index (χ2v) is 7.85. The minimum absolute atomic E-state index is 0.0948. The number of carbonyl (C=O) groups is 2. The van der Waals surface area contributed by atoms with Crippen LogP contribution in [-0.4, -0.2) is 18.4 Å². The molecule has 26 heavy (non-hydrogen) atoms. The molecule has 1 aromatic carbocycles. The van der Waals surface area contributed by atoms with Gasteiger partial charge in [0, 0.05) is 13.0 Å². The van der Waals surface area contributed by atoms with Gasteiger partial charge >= 0.3 is 0 Å². The highest BCUT2D eigenvalue weighted by Gasteiger charge is 2.19. The molecule has 1 aliphatic carbocycles. The summed E-state index contributed by atoms with van der Waals surface area (Å²) in [5.41, 5.74) is 2.22. The smallest absolute Gasteiger partial charge is 0.253 e. The third-order valence-electron chi connectivity index (χ3n) is 5.93. The monoisotopic (exact) mass is 354 g/mol. The largest absolute Gasteiger partial charge is 0.356 e. The average molecular weight is 354 g/mol. The van der Waals surface area contributed by atoms with Crippen molar-refractivity contribution in [1.29, 1.82) is 0 Å². The van der Waals surface area contributed by atoms with E-state index in [1.54, 1.807) is 0 Å². The van der Waals surface area contributed by atoms with Crippen LogP contribution in [-0.2, 0) is 9.59 Å². The number of fused-ring (bicyclic) bond motifs is 1. The summed E-state index contributed by atoms with van der Waals surface area (Å²) in [5, 5.41) is 4.82. The van der Waals surface area contributed by atoms with Crippen molar-refractivity contribution < 1.29 is 9.59 Å². The van der Waals surface area contributed by atoms with Crippen LogP contribution in [0.3, 0.4) is 0 Å². The highest BCUT2D eigenvalue weighted by molar-refractivity contribution is 5.86. The quantitative estimate of drug-likeness (QED) is 0.854. The molecule has 0 spiro atoms. The van der Waals surface area contributed by atoms with Gasteiger partial charge in [0.25, 0.3) is 5.91 Å². The van der Waals surface area contributed by atoms with E-state index in [4.69, 9.17) is 0 Å². The lowest BCUT2D eigenvalue weighted by Gasteiger charge is -2.21. The van der Waals surface area contributed by atoms with Crippen molar-refractivity contribution in [2.45, 2.75) is 65.2 Å². The number of benzene rings is 1. The van der Waals surface area contributed by atoms with Gasteiger partial charge in [0.2, 0.25) is 5.91 Å². The van der Waals surface area contributed by atoms with Crippen molar-refractivity contribution in [2.75, 3.05) is 6.54 Å². The first-order chi connectivity index (χ1) is 12.5. The molecule has 4 heteroatoms. The molecule has 1 fully saturated rings. The summed E-state index contributed by atoms with van der Waals surface area (Å²) in [6.45, 7) is 4.57. The third-order valence-corrected chi connectivity index (χ3v) is 5.93. The Morgan fingerprint density at radius 2 is 1.92 bits per heavy atom. The van der Waals surface area contributed by atoms with Gasteiger partial charge in [0.15, 0.2) is 0 Å². The second kappa shape index (κ2) is 8.61. The summed E-state index contributed by atoms with van der Waals surface area (Å²) >= 11 is 0. The van der Waals surface area contributed by atoms with Crippen LogP contribution in [0.1, 0.15) is 62.5 Å². The molecule has 140 valence electrons. The van der Waals surface area contributed by atoms with E-state index >= 15 is 0 Å². The maximum atomic E-state index is 12.3. The van der Waals surface area contributed by atoms with Gasteiger partial charge in [-0.25, -0.2) is 4.99 Å². The summed E-state index contributed by atoms with van der Waals surface area (Å²) in [4.78, 5) is 28.7. The van der Waals surface area contributed by atoms with Gasteiger partial charge in [-0.15, -0.1) is 0 Å². The SMILES string of the molecule is Cc1ccc2c(c1C)=NC(=O)C(CCNC(=O)CCC1CCCCC1)C=2. The van der Waals surface area contributed by atoms with Crippen LogP contribution < -0.4 is 15.9 Å². The van der Waals surface area contributed by atoms with Gasteiger partial charge in [0.1, 0.15) is 0 Å². The Bertz CT molecular complexity index is 791. The minimum Gasteiger partial charge on any atom is -0.356 e. The third kappa shape index (κ3) is 4.60. The van der Waals surface area contributed by atoms with Gasteiger partial charge in [-0.2, -0.15) is 0 Å². The fraction of sp³-hybridized carbons (Fsp3) is 0.591. The molecular formula is C22H30N2O2. The first kappa shape index (κ1) is 18.8. The summed E-state index contributed by atoms with van der Waals surface area (Å²) in [5.74, 6) is 0.512. The molecular weight excluding hydrogens is 324 g/mol. The number of amides is 2. The van der Waals surface area contributed by atoms with E-state index in [9.17, 15) is 9.59 Å². The van der Waals surface area contributed by atoms with Crippen LogP contribution in [0, 0.1) is 25.7 Å². The molecule has 1 saturated carbocycles. The molecule has 0 aromatic heterocycles. The van der Waals surface area contributed by atoms with Crippen molar-refractivity contribution in [3.8, 4) is 0 Å². The molecule has 0 saturated heterocycles. The fourth-order valence-corrected chi connectivity index (χ4v) is 4.06. The van der Waals surface area contributed by atoms with E-state index in [-0.39, 0.29) is 17.7 Å². The molecule has 4 nitrogen and oxygen atoms in total. The van der Waals surface area contributed by atoms with Crippen molar-refractivity contribution in [1.82, 2.24) is 5.32 Å². The van der Waals surface area contributed by atoms with Crippen LogP contribution in [0.25, 0.3) is 6.08 Å². The van der Waals surface area contributed by atoms with E-state index in [2.05, 4.69) is 16.4 Å². The zero-order valence-corrected chi connectivity index (χ0v) is 16.0. The van der Waals surface area contributed by atoms with Crippen LogP contribution in [0.5, 0.6) is 0 Å². The van der Waals surface area contributed by atoms with Crippen LogP contribution in [0.2, 0.25) is 0 Å². The molecule has 1 aliphatic heterocycles. The number of hydrogen-bond donors (Lipinski definition) is 1. The van der Waals surface area contributed by atoms with E-state index in [1.807, 2.05) is 26.0 Å². The highest BCUT2D eigenvalue weighted by atomic mass is 16.2. The number of rotatable bonds is 6. The maximum Gasteiger partial charge on any atom is 0.253 e. The zero-order valence-electron chi connectivity index (χ0n) is 16.0. The van der Waals surface area contributed by atoms with E-state index in [1.165, 1.54) is 32.1 Å². The topological polar surface area (TPSA) is 58.5 Å². The van der Waals surface area contributed by atoms with Crippen molar-refractivity contribution >= 4 is 17.9 Å². The molecule has 3 rings (SSSR count). The van der Waals surface area contributed by atoms with Crippen LogP contribution in [0.4, 0.5) is 0 Å². The average Bonchev–Trinajstić information content (AvgIpc) is 2.65. The molecule has 1 aromatic rings. The van der Waals surface area contributed by atoms with Gasteiger partial charge in [0.05, 0.1) is 11.3 Å². The van der Waals surface area contributed by atoms with Gasteiger partial charge in [-0.3, -0.25) is 9.59 Å². The van der Waals surface area contributed by atoms with Crippen molar-refractivity contribution in [2.24, 2.45) is 16.8 Å². The summed E-state index contributed by atoms with van der Waals surface area (Å²) in [6, 6.07) is 4.10. The fourth-order valence-electron chi connectivity index (χ4n) is 4.06. The minimum atomic E-state index is -0.233. The molecule has 2 amide bonds. The lowest BCUT2D eigenvalue weighted by Crippen LogP contribution is -2.37. The lowest BCUT2D eigenvalue weighted by atomic mass is 9.86. The van der Waals surface area contributed by atoms with Crippen LogP contribution >= 0.6 is 0 Å². The Kier molecular flexibility index (Phi) is 6.23. The number of aryl methyl sites for hydroxylation is 1. The van der Waals surface area contributed by atoms with Gasteiger partial charge in [-0.05, 0) is 49.0 Å². The zero-order chi connectivity index (χ0) is 18.5. The summed E-state index contributed by atoms with van der Waals surface area (Å²) in [7, 11) is 0. The second-order valence-electron chi connectivity index (χ2n) is 7.85. The Labute approximate surface area is 155 Å². The van der Waals surface area contributed by atoms with Gasteiger partial charge in [-0.1, -0.05) is 50.3 Å². The normalized spacial score (nSPS) is 20.1. The number of nitrogens with zero attached hydrogens (tertiary/aromatic N) is 1. The Balaban J connectivity index is 1.48. The number of nitrogens with one attached hydrogen (secondary N) is 1. The van der Waals surface area contributed by atoms with Crippen molar-refractivity contribution in [3.05, 3.63) is 33.8 Å². The molecule has 1 atom stereocenters. The van der Waals surface area contributed by atoms with E-state index in [0.29, 0.717) is 19.4 Å². The Morgan fingerprint density at radius 3 is 2.69 bits per heavy atom. The van der Waals surface area contributed by atoms with Crippen molar-refractivity contribution in [3.63, 3.8) is 0 Å². The maximum absolute atomic E-state index is 12.3. The first-order valence-corrected chi connectivity index (χ1v) is 10.0. The first-order valence-electron chi connectivity index (χ1n) is 10.0. The molecule has 1 heterocycles. The number of carbonyl (C=O) groups excluding carboxylic acids is 2. The highest BCUT2D eigenvalue weighted by Crippen LogP contribution is 2.27. The molecule has 0 bridgehead atoms. The van der Waals surface area contributed by atoms with Crippen LogP contribution in [0.15, 0.2) is 17.1 Å². The van der Waals surface area contributed by atoms with E-state index in [0.717, 1.165) is 34.0 Å². The van der Waals surface area contributed by atoms with E-state index < -0.39 is 0 Å². The standard InChI is InChI=1S/C22H30N2O2/c1-15-8-10-18-14-19(22(26)24-21(18)16(15)2)12-13-23-20(25)11-9-17-6-4-3-5-7-17/h8,10,14,17,19H,3-7,9,11-13H2,1-2H3,(H,23,25). The summed E-state index contributed by atoms with van der Waals surface area (Å²) in [6.07, 6.45) is 10.8. The Morgan fingerprint density at radius 1 is 1.15 bits per heavy atom. The predicted octanol–water partition coefficient (Wildman–Crippen LogP) is 2.73. The summed E-state index contributed by atoms with van der Waals surface area (Å²) < 4.78 is 0.